The van der Waals surface area contributed by atoms with Crippen molar-refractivity contribution in [3.05, 3.63) is 0 Å². The Balaban J connectivity index is 1.85. The molecule has 1 aliphatic carbocycles. The van der Waals surface area contributed by atoms with Crippen molar-refractivity contribution in [2.75, 3.05) is 26.7 Å². The normalized spacial score (nSPS) is 27.3. The van der Waals surface area contributed by atoms with Gasteiger partial charge in [0.2, 0.25) is 0 Å². The minimum atomic E-state index is -0.130. The Labute approximate surface area is 134 Å². The van der Waals surface area contributed by atoms with Gasteiger partial charge in [-0.1, -0.05) is 19.3 Å². The lowest BCUT2D eigenvalue weighted by Gasteiger charge is -2.39. The number of nitrogens with one attached hydrogen (secondary N) is 1. The Morgan fingerprint density at radius 2 is 2.05 bits per heavy atom. The van der Waals surface area contributed by atoms with Crippen molar-refractivity contribution in [1.82, 2.24) is 10.2 Å². The van der Waals surface area contributed by atoms with Crippen LogP contribution in [0.3, 0.4) is 0 Å². The van der Waals surface area contributed by atoms with Gasteiger partial charge in [-0.2, -0.15) is 5.26 Å². The van der Waals surface area contributed by atoms with E-state index in [1.165, 1.54) is 39.2 Å². The van der Waals surface area contributed by atoms with E-state index in [1.807, 2.05) is 0 Å². The van der Waals surface area contributed by atoms with E-state index in [4.69, 9.17) is 10.00 Å². The minimum Gasteiger partial charge on any atom is -0.469 e. The van der Waals surface area contributed by atoms with E-state index in [0.717, 1.165) is 25.9 Å². The largest absolute Gasteiger partial charge is 0.469 e. The van der Waals surface area contributed by atoms with Gasteiger partial charge in [-0.3, -0.25) is 9.69 Å². The predicted molar refractivity (Wildman–Crippen MR) is 85.2 cm³/mol. The van der Waals surface area contributed by atoms with Gasteiger partial charge in [-0.15, -0.1) is 0 Å². The Morgan fingerprint density at radius 3 is 2.73 bits per heavy atom. The van der Waals surface area contributed by atoms with Crippen LogP contribution in [-0.2, 0) is 9.53 Å². The van der Waals surface area contributed by atoms with Crippen LogP contribution in [0.25, 0.3) is 0 Å². The molecule has 0 bridgehead atoms. The highest BCUT2D eigenvalue weighted by molar-refractivity contribution is 5.69. The first-order chi connectivity index (χ1) is 10.7. The molecule has 1 heterocycles. The summed E-state index contributed by atoms with van der Waals surface area (Å²) in [4.78, 5) is 13.6. The number of piperidine rings is 1. The van der Waals surface area contributed by atoms with Gasteiger partial charge >= 0.3 is 5.97 Å². The van der Waals surface area contributed by atoms with Crippen LogP contribution in [0.1, 0.15) is 51.4 Å². The molecule has 5 nitrogen and oxygen atoms in total. The molecule has 1 saturated heterocycles. The maximum atomic E-state index is 11.4. The summed E-state index contributed by atoms with van der Waals surface area (Å²) in [6, 6.07) is 3.36. The Kier molecular flexibility index (Phi) is 7.14. The maximum Gasteiger partial charge on any atom is 0.305 e. The van der Waals surface area contributed by atoms with Crippen LogP contribution in [0.4, 0.5) is 0 Å². The molecule has 0 radical (unpaired) electrons. The fourth-order valence-corrected chi connectivity index (χ4v) is 3.89. The van der Waals surface area contributed by atoms with E-state index < -0.39 is 0 Å². The second-order valence-electron chi connectivity index (χ2n) is 6.77. The summed E-state index contributed by atoms with van der Waals surface area (Å²) >= 11 is 0. The summed E-state index contributed by atoms with van der Waals surface area (Å²) in [5.74, 6) is 0.344. The third kappa shape index (κ3) is 5.58. The van der Waals surface area contributed by atoms with Gasteiger partial charge in [0, 0.05) is 31.6 Å². The van der Waals surface area contributed by atoms with Gasteiger partial charge in [0.05, 0.1) is 19.7 Å². The molecule has 0 aromatic carbocycles. The first-order valence-corrected chi connectivity index (χ1v) is 8.63. The molecule has 124 valence electrons. The summed E-state index contributed by atoms with van der Waals surface area (Å²) < 4.78 is 4.74. The number of hydrogen-bond donors (Lipinski definition) is 1. The predicted octanol–water partition coefficient (Wildman–Crippen LogP) is 2.08. The van der Waals surface area contributed by atoms with Crippen LogP contribution in [0.5, 0.6) is 0 Å². The van der Waals surface area contributed by atoms with Gasteiger partial charge in [0.1, 0.15) is 0 Å². The molecule has 0 spiro atoms. The summed E-state index contributed by atoms with van der Waals surface area (Å²) in [5.41, 5.74) is 0. The number of carbonyl (C=O) groups is 1. The number of likely N-dealkylation sites (tertiary alicyclic amines) is 1. The molecule has 2 rings (SSSR count). The second-order valence-corrected chi connectivity index (χ2v) is 6.77. The molecule has 22 heavy (non-hydrogen) atoms. The van der Waals surface area contributed by atoms with Crippen LogP contribution < -0.4 is 5.32 Å². The molecule has 2 fully saturated rings. The van der Waals surface area contributed by atoms with Crippen LogP contribution in [0.15, 0.2) is 0 Å². The quantitative estimate of drug-likeness (QED) is 0.601. The highest BCUT2D eigenvalue weighted by atomic mass is 16.5. The molecule has 0 amide bonds. The molecule has 5 heteroatoms. The van der Waals surface area contributed by atoms with Crippen molar-refractivity contribution >= 4 is 5.97 Å². The number of carbonyl (C=O) groups excluding carboxylic acids is 1. The Bertz CT molecular complexity index is 388. The minimum absolute atomic E-state index is 0.130. The molecule has 0 aromatic heterocycles. The fourth-order valence-electron chi connectivity index (χ4n) is 3.89. The van der Waals surface area contributed by atoms with Gasteiger partial charge in [0.25, 0.3) is 0 Å². The van der Waals surface area contributed by atoms with E-state index in [9.17, 15) is 4.79 Å². The van der Waals surface area contributed by atoms with Crippen LogP contribution in [-0.4, -0.2) is 49.7 Å². The highest BCUT2D eigenvalue weighted by Crippen LogP contribution is 2.24. The van der Waals surface area contributed by atoms with Crippen molar-refractivity contribution < 1.29 is 9.53 Å². The van der Waals surface area contributed by atoms with E-state index >= 15 is 0 Å². The molecule has 1 aliphatic heterocycles. The molecule has 0 aromatic rings. The van der Waals surface area contributed by atoms with Crippen molar-refractivity contribution in [2.24, 2.45) is 5.92 Å². The van der Waals surface area contributed by atoms with E-state index in [-0.39, 0.29) is 5.97 Å². The number of ether oxygens (including phenoxy) is 1. The molecule has 2 atom stereocenters. The SMILES string of the molecule is COC(=O)CCC1CC(NC2CCCCC2)CN(CC#N)C1. The van der Waals surface area contributed by atoms with Crippen LogP contribution in [0, 0.1) is 17.2 Å². The van der Waals surface area contributed by atoms with Gasteiger partial charge in [0.15, 0.2) is 0 Å². The first kappa shape index (κ1) is 17.2. The molecule has 2 aliphatic rings. The smallest absolute Gasteiger partial charge is 0.305 e. The topological polar surface area (TPSA) is 65.4 Å². The number of hydrogen-bond acceptors (Lipinski definition) is 5. The van der Waals surface area contributed by atoms with Crippen LogP contribution in [0.2, 0.25) is 0 Å². The summed E-state index contributed by atoms with van der Waals surface area (Å²) in [5, 5.41) is 12.8. The van der Waals surface area contributed by atoms with Crippen LogP contribution >= 0.6 is 0 Å². The molecular weight excluding hydrogens is 278 g/mol. The number of nitriles is 1. The second kappa shape index (κ2) is 9.12. The highest BCUT2D eigenvalue weighted by Gasteiger charge is 2.29. The van der Waals surface area contributed by atoms with Crippen molar-refractivity contribution in [3.8, 4) is 6.07 Å². The van der Waals surface area contributed by atoms with Crippen molar-refractivity contribution in [3.63, 3.8) is 0 Å². The summed E-state index contributed by atoms with van der Waals surface area (Å²) in [6.45, 7) is 2.36. The number of esters is 1. The van der Waals surface area contributed by atoms with E-state index in [1.54, 1.807) is 0 Å². The van der Waals surface area contributed by atoms with Gasteiger partial charge in [-0.05, 0) is 31.6 Å². The summed E-state index contributed by atoms with van der Waals surface area (Å²) in [7, 11) is 1.44. The zero-order chi connectivity index (χ0) is 15.8. The standard InChI is InChI=1S/C17H29N3O2/c1-22-17(21)8-7-14-11-16(13-20(12-14)10-9-18)19-15-5-3-2-4-6-15/h14-16,19H,2-8,10-13H2,1H3. The molecule has 1 N–H and O–H groups in total. The maximum absolute atomic E-state index is 11.4. The number of rotatable bonds is 6. The zero-order valence-corrected chi connectivity index (χ0v) is 13.7. The number of nitrogens with zero attached hydrogens (tertiary/aromatic N) is 2. The van der Waals surface area contributed by atoms with E-state index in [2.05, 4.69) is 16.3 Å². The Morgan fingerprint density at radius 1 is 1.27 bits per heavy atom. The molecule has 1 saturated carbocycles. The van der Waals surface area contributed by atoms with Gasteiger partial charge < -0.3 is 10.1 Å². The third-order valence-corrected chi connectivity index (χ3v) is 4.97. The third-order valence-electron chi connectivity index (χ3n) is 4.97. The average Bonchev–Trinajstić information content (AvgIpc) is 2.53. The summed E-state index contributed by atoms with van der Waals surface area (Å²) in [6.07, 6.45) is 9.04. The van der Waals surface area contributed by atoms with Crippen molar-refractivity contribution in [1.29, 1.82) is 5.26 Å². The van der Waals surface area contributed by atoms with Gasteiger partial charge in [-0.25, -0.2) is 0 Å². The van der Waals surface area contributed by atoms with Crippen molar-refractivity contribution in [2.45, 2.75) is 63.5 Å². The first-order valence-electron chi connectivity index (χ1n) is 8.63. The average molecular weight is 307 g/mol. The lowest BCUT2D eigenvalue weighted by atomic mass is 9.88. The van der Waals surface area contributed by atoms with E-state index in [0.29, 0.717) is 31.0 Å². The lowest BCUT2D eigenvalue weighted by Crippen LogP contribution is -2.52. The monoisotopic (exact) mass is 307 g/mol. The zero-order valence-electron chi connectivity index (χ0n) is 13.7. The Hall–Kier alpha value is -1.12. The lowest BCUT2D eigenvalue weighted by molar-refractivity contribution is -0.141. The molecular formula is C17H29N3O2. The number of methoxy groups -OCH3 is 1. The molecule has 2 unspecified atom stereocenters. The fraction of sp³-hybridized carbons (Fsp3) is 0.882.